The van der Waals surface area contributed by atoms with Crippen molar-refractivity contribution in [2.45, 2.75) is 0 Å². The molecule has 2 amide bonds. The van der Waals surface area contributed by atoms with E-state index in [0.717, 1.165) is 0 Å². The molecular formula is C8H17N3O4. The Hall–Kier alpha value is -1.18. The monoisotopic (exact) mass is 219 g/mol. The summed E-state index contributed by atoms with van der Waals surface area (Å²) in [6.07, 6.45) is 0. The van der Waals surface area contributed by atoms with Gasteiger partial charge in [-0.1, -0.05) is 0 Å². The highest BCUT2D eigenvalue weighted by Crippen LogP contribution is 1.67. The Morgan fingerprint density at radius 2 is 1.27 bits per heavy atom. The quantitative estimate of drug-likeness (QED) is 0.295. The molecule has 0 fully saturated rings. The maximum atomic E-state index is 10.9. The lowest BCUT2D eigenvalue weighted by Crippen LogP contribution is -2.40. The maximum Gasteiger partial charge on any atom is 0.234 e. The fourth-order valence-electron chi connectivity index (χ4n) is 0.805. The molecule has 0 rings (SSSR count). The summed E-state index contributed by atoms with van der Waals surface area (Å²) >= 11 is 0. The lowest BCUT2D eigenvalue weighted by atomic mass is 10.5. The summed E-state index contributed by atoms with van der Waals surface area (Å²) in [5, 5.41) is 24.3. The molecule has 7 nitrogen and oxygen atoms in total. The fourth-order valence-corrected chi connectivity index (χ4v) is 0.805. The lowest BCUT2D eigenvalue weighted by Gasteiger charge is -2.05. The molecule has 88 valence electrons. The molecule has 0 radical (unpaired) electrons. The van der Waals surface area contributed by atoms with Gasteiger partial charge in [-0.05, 0) is 0 Å². The van der Waals surface area contributed by atoms with Crippen LogP contribution in [-0.4, -0.2) is 61.4 Å². The largest absolute Gasteiger partial charge is 0.395 e. The first-order chi connectivity index (χ1) is 7.20. The molecule has 0 heterocycles. The summed E-state index contributed by atoms with van der Waals surface area (Å²) in [5.74, 6) is -0.557. The average molecular weight is 219 g/mol. The van der Waals surface area contributed by atoms with Crippen molar-refractivity contribution < 1.29 is 19.8 Å². The summed E-state index contributed by atoms with van der Waals surface area (Å²) in [6.45, 7) is 0.235. The number of aliphatic hydroxyl groups excluding tert-OH is 2. The molecule has 0 aliphatic rings. The molecule has 0 bridgehead atoms. The number of amides is 2. The van der Waals surface area contributed by atoms with E-state index in [0.29, 0.717) is 0 Å². The van der Waals surface area contributed by atoms with E-state index in [4.69, 9.17) is 10.2 Å². The van der Waals surface area contributed by atoms with Crippen LogP contribution in [0.4, 0.5) is 0 Å². The summed E-state index contributed by atoms with van der Waals surface area (Å²) in [4.78, 5) is 21.9. The van der Waals surface area contributed by atoms with Gasteiger partial charge in [-0.25, -0.2) is 0 Å². The first-order valence-corrected chi connectivity index (χ1v) is 4.66. The van der Waals surface area contributed by atoms with E-state index in [2.05, 4.69) is 16.0 Å². The highest BCUT2D eigenvalue weighted by atomic mass is 16.3. The molecular weight excluding hydrogens is 202 g/mol. The van der Waals surface area contributed by atoms with E-state index in [9.17, 15) is 9.59 Å². The zero-order valence-electron chi connectivity index (χ0n) is 8.45. The molecule has 0 saturated heterocycles. The second-order valence-corrected chi connectivity index (χ2v) is 2.75. The number of rotatable bonds is 8. The Labute approximate surface area is 87.9 Å². The molecule has 0 aliphatic heterocycles. The molecule has 0 aromatic heterocycles. The predicted octanol–water partition coefficient (Wildman–Crippen LogP) is -3.21. The van der Waals surface area contributed by atoms with Gasteiger partial charge < -0.3 is 20.8 Å². The Morgan fingerprint density at radius 1 is 0.867 bits per heavy atom. The average Bonchev–Trinajstić information content (AvgIpc) is 2.23. The minimum atomic E-state index is -0.279. The lowest BCUT2D eigenvalue weighted by molar-refractivity contribution is -0.121. The SMILES string of the molecule is O=C(CNCC(=O)NCCO)NCCO. The van der Waals surface area contributed by atoms with Crippen LogP contribution in [0.2, 0.25) is 0 Å². The van der Waals surface area contributed by atoms with Gasteiger partial charge in [-0.2, -0.15) is 0 Å². The molecule has 0 saturated carbocycles. The van der Waals surface area contributed by atoms with Crippen molar-refractivity contribution in [2.24, 2.45) is 0 Å². The number of nitrogens with one attached hydrogen (secondary N) is 3. The van der Waals surface area contributed by atoms with Crippen LogP contribution in [0.3, 0.4) is 0 Å². The molecule has 0 aliphatic carbocycles. The van der Waals surface area contributed by atoms with Crippen LogP contribution in [-0.2, 0) is 9.59 Å². The summed E-state index contributed by atoms with van der Waals surface area (Å²) in [6, 6.07) is 0. The minimum absolute atomic E-state index is 0.0204. The van der Waals surface area contributed by atoms with Gasteiger partial charge in [-0.3, -0.25) is 14.9 Å². The molecule has 0 aromatic rings. The third kappa shape index (κ3) is 9.13. The topological polar surface area (TPSA) is 111 Å². The molecule has 0 aromatic carbocycles. The normalized spacial score (nSPS) is 9.73. The second-order valence-electron chi connectivity index (χ2n) is 2.75. The van der Waals surface area contributed by atoms with Gasteiger partial charge in [0.25, 0.3) is 0 Å². The van der Waals surface area contributed by atoms with Gasteiger partial charge in [-0.15, -0.1) is 0 Å². The number of hydrogen-bond donors (Lipinski definition) is 5. The van der Waals surface area contributed by atoms with Crippen molar-refractivity contribution >= 4 is 11.8 Å². The van der Waals surface area contributed by atoms with Gasteiger partial charge in [0.15, 0.2) is 0 Å². The molecule has 0 spiro atoms. The van der Waals surface area contributed by atoms with E-state index < -0.39 is 0 Å². The van der Waals surface area contributed by atoms with Crippen LogP contribution in [0, 0.1) is 0 Å². The first-order valence-electron chi connectivity index (χ1n) is 4.66. The molecule has 5 N–H and O–H groups in total. The maximum absolute atomic E-state index is 10.9. The Kier molecular flexibility index (Phi) is 8.64. The van der Waals surface area contributed by atoms with E-state index in [-0.39, 0.29) is 51.2 Å². The first kappa shape index (κ1) is 13.8. The van der Waals surface area contributed by atoms with Gasteiger partial charge in [0.2, 0.25) is 11.8 Å². The van der Waals surface area contributed by atoms with Crippen molar-refractivity contribution in [3.8, 4) is 0 Å². The van der Waals surface area contributed by atoms with Crippen LogP contribution in [0.25, 0.3) is 0 Å². The van der Waals surface area contributed by atoms with Gasteiger partial charge in [0.05, 0.1) is 26.3 Å². The van der Waals surface area contributed by atoms with Gasteiger partial charge >= 0.3 is 0 Å². The summed E-state index contributed by atoms with van der Waals surface area (Å²) in [7, 11) is 0. The van der Waals surface area contributed by atoms with E-state index in [1.165, 1.54) is 0 Å². The fraction of sp³-hybridized carbons (Fsp3) is 0.750. The standard InChI is InChI=1S/C8H17N3O4/c12-3-1-10-7(14)5-9-6-8(15)11-2-4-13/h9,12-13H,1-6H2,(H,10,14)(H,11,15). The third-order valence-corrected chi connectivity index (χ3v) is 1.44. The van der Waals surface area contributed by atoms with E-state index in [1.54, 1.807) is 0 Å². The number of carbonyl (C=O) groups is 2. The Balaban J connectivity index is 3.36. The van der Waals surface area contributed by atoms with Crippen LogP contribution < -0.4 is 16.0 Å². The number of hydrogen-bond acceptors (Lipinski definition) is 5. The summed E-state index contributed by atoms with van der Waals surface area (Å²) < 4.78 is 0. The number of aliphatic hydroxyl groups is 2. The van der Waals surface area contributed by atoms with Gasteiger partial charge in [0.1, 0.15) is 0 Å². The minimum Gasteiger partial charge on any atom is -0.395 e. The molecule has 0 atom stereocenters. The Bertz CT molecular complexity index is 178. The van der Waals surface area contributed by atoms with Crippen molar-refractivity contribution in [3.05, 3.63) is 0 Å². The third-order valence-electron chi connectivity index (χ3n) is 1.44. The zero-order chi connectivity index (χ0) is 11.5. The van der Waals surface area contributed by atoms with Crippen LogP contribution in [0.5, 0.6) is 0 Å². The van der Waals surface area contributed by atoms with Gasteiger partial charge in [0, 0.05) is 13.1 Å². The smallest absolute Gasteiger partial charge is 0.234 e. The Morgan fingerprint density at radius 3 is 1.60 bits per heavy atom. The molecule has 15 heavy (non-hydrogen) atoms. The van der Waals surface area contributed by atoms with E-state index >= 15 is 0 Å². The highest BCUT2D eigenvalue weighted by Gasteiger charge is 2.02. The molecule has 0 unspecified atom stereocenters. The number of carbonyl (C=O) groups excluding carboxylic acids is 2. The van der Waals surface area contributed by atoms with Crippen LogP contribution in [0.15, 0.2) is 0 Å². The highest BCUT2D eigenvalue weighted by molar-refractivity contribution is 5.81. The van der Waals surface area contributed by atoms with Crippen LogP contribution in [0.1, 0.15) is 0 Å². The zero-order valence-corrected chi connectivity index (χ0v) is 8.45. The predicted molar refractivity (Wildman–Crippen MR) is 53.1 cm³/mol. The van der Waals surface area contributed by atoms with Crippen molar-refractivity contribution in [1.29, 1.82) is 0 Å². The second kappa shape index (κ2) is 9.38. The van der Waals surface area contributed by atoms with Crippen molar-refractivity contribution in [2.75, 3.05) is 39.4 Å². The summed E-state index contributed by atoms with van der Waals surface area (Å²) in [5.41, 5.74) is 0. The van der Waals surface area contributed by atoms with E-state index in [1.807, 2.05) is 0 Å². The van der Waals surface area contributed by atoms with Crippen molar-refractivity contribution in [1.82, 2.24) is 16.0 Å². The van der Waals surface area contributed by atoms with Crippen LogP contribution >= 0.6 is 0 Å². The van der Waals surface area contributed by atoms with Crippen molar-refractivity contribution in [3.63, 3.8) is 0 Å². The molecule has 7 heteroatoms.